The minimum Gasteiger partial charge on any atom is -0.464 e. The molecule has 0 spiro atoms. The van der Waals surface area contributed by atoms with Gasteiger partial charge in [0.25, 0.3) is 0 Å². The van der Waals surface area contributed by atoms with Crippen molar-refractivity contribution in [2.45, 2.75) is 13.0 Å². The highest BCUT2D eigenvalue weighted by molar-refractivity contribution is 6.30. The van der Waals surface area contributed by atoms with Crippen molar-refractivity contribution in [2.75, 3.05) is 59.2 Å². The molecule has 0 bridgehead atoms. The summed E-state index contributed by atoms with van der Waals surface area (Å²) in [5, 5.41) is 9.71. The van der Waals surface area contributed by atoms with Crippen LogP contribution >= 0.6 is 36.4 Å². The molecule has 0 aliphatic carbocycles. The first kappa shape index (κ1) is 30.7. The van der Waals surface area contributed by atoms with E-state index in [9.17, 15) is 4.79 Å². The second-order valence-corrected chi connectivity index (χ2v) is 8.70. The number of piperazine rings is 1. The number of halogens is 3. The Morgan fingerprint density at radius 2 is 1.62 bits per heavy atom. The summed E-state index contributed by atoms with van der Waals surface area (Å²) in [6.07, 6.45) is 0. The second-order valence-electron chi connectivity index (χ2n) is 8.27. The van der Waals surface area contributed by atoms with Gasteiger partial charge in [0, 0.05) is 50.3 Å². The summed E-state index contributed by atoms with van der Waals surface area (Å²) < 4.78 is 10.5. The van der Waals surface area contributed by atoms with Gasteiger partial charge >= 0.3 is 5.97 Å². The maximum absolute atomic E-state index is 11.7. The molecule has 1 aliphatic heterocycles. The molecular formula is C25H35Cl3N2O4. The number of esters is 1. The zero-order chi connectivity index (χ0) is 22.8. The number of hydrogen-bond acceptors (Lipinski definition) is 6. The summed E-state index contributed by atoms with van der Waals surface area (Å²) in [6, 6.07) is 18.9. The minimum absolute atomic E-state index is 0. The predicted octanol–water partition coefficient (Wildman–Crippen LogP) is 4.08. The first-order valence-corrected chi connectivity index (χ1v) is 11.6. The second kappa shape index (κ2) is 16.3. The monoisotopic (exact) mass is 532 g/mol. The highest BCUT2D eigenvalue weighted by atomic mass is 35.5. The fourth-order valence-electron chi connectivity index (χ4n) is 3.82. The van der Waals surface area contributed by atoms with E-state index in [0.717, 1.165) is 37.7 Å². The Hall–Kier alpha value is -1.38. The Morgan fingerprint density at radius 3 is 2.24 bits per heavy atom. The lowest BCUT2D eigenvalue weighted by molar-refractivity contribution is -0.150. The molecule has 6 nitrogen and oxygen atoms in total. The Morgan fingerprint density at radius 1 is 1.00 bits per heavy atom. The van der Waals surface area contributed by atoms with Gasteiger partial charge in [-0.2, -0.15) is 0 Å². The van der Waals surface area contributed by atoms with Crippen LogP contribution in [0.15, 0.2) is 54.6 Å². The summed E-state index contributed by atoms with van der Waals surface area (Å²) in [5.41, 5.74) is 2.52. The lowest BCUT2D eigenvalue weighted by Gasteiger charge is -2.39. The van der Waals surface area contributed by atoms with E-state index in [1.165, 1.54) is 11.1 Å². The minimum atomic E-state index is -0.385. The maximum atomic E-state index is 11.7. The van der Waals surface area contributed by atoms with Gasteiger partial charge in [-0.15, -0.1) is 24.8 Å². The van der Waals surface area contributed by atoms with Gasteiger partial charge in [-0.25, -0.2) is 4.79 Å². The molecule has 1 fully saturated rings. The molecule has 1 aliphatic rings. The van der Waals surface area contributed by atoms with Gasteiger partial charge in [0.15, 0.2) is 0 Å². The molecule has 3 rings (SSSR count). The third-order valence-electron chi connectivity index (χ3n) is 5.69. The van der Waals surface area contributed by atoms with Crippen LogP contribution in [0.3, 0.4) is 0 Å². The number of hydrogen-bond donors (Lipinski definition) is 1. The molecule has 2 atom stereocenters. The van der Waals surface area contributed by atoms with Crippen molar-refractivity contribution in [1.29, 1.82) is 0 Å². The molecule has 190 valence electrons. The standard InChI is InChI=1S/C25H33ClN2O4.2ClH/c1-20(17-29)18-32-24(30)19-31-16-15-27-11-13-28(14-12-27)25(21-5-3-2-4-6-21)22-7-9-23(26)10-8-22;;/h2-10,20,25,29H,11-19H2,1H3;2*1H/t20?,25-;;/m0../s1. The molecule has 0 aromatic heterocycles. The number of aliphatic hydroxyl groups excluding tert-OH is 1. The fraction of sp³-hybridized carbons (Fsp3) is 0.480. The lowest BCUT2D eigenvalue weighted by atomic mass is 9.96. The van der Waals surface area contributed by atoms with Crippen molar-refractivity contribution >= 4 is 42.4 Å². The quantitative estimate of drug-likeness (QED) is 0.347. The largest absolute Gasteiger partial charge is 0.464 e. The van der Waals surface area contributed by atoms with Crippen LogP contribution in [0.2, 0.25) is 5.02 Å². The van der Waals surface area contributed by atoms with Gasteiger partial charge in [0.1, 0.15) is 6.61 Å². The van der Waals surface area contributed by atoms with E-state index in [2.05, 4.69) is 46.2 Å². The van der Waals surface area contributed by atoms with Gasteiger partial charge in [-0.05, 0) is 23.3 Å². The SMILES string of the molecule is CC(CO)COC(=O)COCCN1CCN([C@@H](c2ccccc2)c2ccc(Cl)cc2)CC1.Cl.Cl. The highest BCUT2D eigenvalue weighted by Gasteiger charge is 2.26. The fourth-order valence-corrected chi connectivity index (χ4v) is 3.94. The Kier molecular flexibility index (Phi) is 14.7. The Balaban J connectivity index is 0.00000289. The van der Waals surface area contributed by atoms with Crippen LogP contribution in [0.1, 0.15) is 24.1 Å². The molecule has 0 saturated carbocycles. The number of carbonyl (C=O) groups excluding carboxylic acids is 1. The van der Waals surface area contributed by atoms with Crippen molar-refractivity contribution in [1.82, 2.24) is 9.80 Å². The van der Waals surface area contributed by atoms with Crippen LogP contribution in [-0.4, -0.2) is 80.0 Å². The average Bonchev–Trinajstić information content (AvgIpc) is 2.83. The summed E-state index contributed by atoms with van der Waals surface area (Å²) in [6.45, 7) is 7.05. The molecule has 1 heterocycles. The number of nitrogens with zero attached hydrogens (tertiary/aromatic N) is 2. The van der Waals surface area contributed by atoms with E-state index in [1.807, 2.05) is 25.1 Å². The number of carbonyl (C=O) groups is 1. The van der Waals surface area contributed by atoms with Crippen molar-refractivity contribution in [3.8, 4) is 0 Å². The molecule has 9 heteroatoms. The first-order valence-electron chi connectivity index (χ1n) is 11.2. The lowest BCUT2D eigenvalue weighted by Crippen LogP contribution is -2.48. The van der Waals surface area contributed by atoms with E-state index in [-0.39, 0.29) is 62.6 Å². The van der Waals surface area contributed by atoms with Crippen molar-refractivity contribution < 1.29 is 19.4 Å². The normalized spacial score (nSPS) is 16.1. The van der Waals surface area contributed by atoms with E-state index in [0.29, 0.717) is 6.61 Å². The molecule has 1 N–H and O–H groups in total. The molecule has 1 saturated heterocycles. The van der Waals surface area contributed by atoms with Crippen LogP contribution < -0.4 is 0 Å². The predicted molar refractivity (Wildman–Crippen MR) is 140 cm³/mol. The van der Waals surface area contributed by atoms with Gasteiger partial charge in [-0.1, -0.05) is 61.0 Å². The van der Waals surface area contributed by atoms with Crippen LogP contribution in [0, 0.1) is 5.92 Å². The van der Waals surface area contributed by atoms with Gasteiger partial charge < -0.3 is 14.6 Å². The van der Waals surface area contributed by atoms with E-state index < -0.39 is 0 Å². The first-order chi connectivity index (χ1) is 15.6. The molecule has 0 radical (unpaired) electrons. The third-order valence-corrected chi connectivity index (χ3v) is 5.94. The van der Waals surface area contributed by atoms with Gasteiger partial charge in [0.05, 0.1) is 19.3 Å². The van der Waals surface area contributed by atoms with Crippen LogP contribution in [0.4, 0.5) is 0 Å². The van der Waals surface area contributed by atoms with Crippen molar-refractivity contribution in [3.05, 3.63) is 70.7 Å². The zero-order valence-electron chi connectivity index (χ0n) is 19.5. The summed E-state index contributed by atoms with van der Waals surface area (Å²) in [5.74, 6) is -0.438. The van der Waals surface area contributed by atoms with Crippen molar-refractivity contribution in [2.24, 2.45) is 5.92 Å². The number of ether oxygens (including phenoxy) is 2. The van der Waals surface area contributed by atoms with E-state index >= 15 is 0 Å². The highest BCUT2D eigenvalue weighted by Crippen LogP contribution is 2.30. The number of rotatable bonds is 11. The van der Waals surface area contributed by atoms with Gasteiger partial charge in [-0.3, -0.25) is 9.80 Å². The zero-order valence-corrected chi connectivity index (χ0v) is 21.9. The topological polar surface area (TPSA) is 62.2 Å². The third kappa shape index (κ3) is 9.70. The van der Waals surface area contributed by atoms with Crippen molar-refractivity contribution in [3.63, 3.8) is 0 Å². The molecule has 2 aromatic rings. The molecule has 0 amide bonds. The molecule has 34 heavy (non-hydrogen) atoms. The van der Waals surface area contributed by atoms with Gasteiger partial charge in [0.2, 0.25) is 0 Å². The number of aliphatic hydroxyl groups is 1. The summed E-state index contributed by atoms with van der Waals surface area (Å²) in [4.78, 5) is 16.5. The average molecular weight is 534 g/mol. The number of benzene rings is 2. The Labute approximate surface area is 220 Å². The molecular weight excluding hydrogens is 499 g/mol. The molecule has 2 aromatic carbocycles. The molecule has 1 unspecified atom stereocenters. The van der Waals surface area contributed by atoms with Crippen LogP contribution in [-0.2, 0) is 14.3 Å². The summed E-state index contributed by atoms with van der Waals surface area (Å²) >= 11 is 6.11. The van der Waals surface area contributed by atoms with E-state index in [4.69, 9.17) is 26.2 Å². The van der Waals surface area contributed by atoms with E-state index in [1.54, 1.807) is 0 Å². The maximum Gasteiger partial charge on any atom is 0.332 e. The van der Waals surface area contributed by atoms with Crippen LogP contribution in [0.5, 0.6) is 0 Å². The summed E-state index contributed by atoms with van der Waals surface area (Å²) in [7, 11) is 0. The Bertz CT molecular complexity index is 819. The smallest absolute Gasteiger partial charge is 0.332 e. The van der Waals surface area contributed by atoms with Crippen LogP contribution in [0.25, 0.3) is 0 Å².